The van der Waals surface area contributed by atoms with Crippen LogP contribution in [0.2, 0.25) is 0 Å². The van der Waals surface area contributed by atoms with Crippen molar-refractivity contribution in [3.8, 4) is 0 Å². The van der Waals surface area contributed by atoms with Crippen LogP contribution in [0.1, 0.15) is 18.4 Å². The molecule has 0 saturated carbocycles. The highest BCUT2D eigenvalue weighted by Gasteiger charge is 2.22. The summed E-state index contributed by atoms with van der Waals surface area (Å²) in [5.74, 6) is -0.167. The molecule has 0 bridgehead atoms. The standard InChI is InChI=1S/C21H28N4O5/c1-4-10-24(21(28)22-13-20(27)29-5-2)16-19(26)25(15-18-9-7-12-30-18)14-17-8-6-11-23(17)3/h4,6-9,11-12H,1,5,10,13-16H2,2-3H3,(H,22,28). The molecule has 30 heavy (non-hydrogen) atoms. The monoisotopic (exact) mass is 416 g/mol. The normalized spacial score (nSPS) is 10.3. The number of hydrogen-bond donors (Lipinski definition) is 1. The highest BCUT2D eigenvalue weighted by atomic mass is 16.5. The van der Waals surface area contributed by atoms with Gasteiger partial charge in [0.1, 0.15) is 18.8 Å². The summed E-state index contributed by atoms with van der Waals surface area (Å²) in [5, 5.41) is 2.47. The van der Waals surface area contributed by atoms with Gasteiger partial charge in [-0.3, -0.25) is 9.59 Å². The molecule has 0 aromatic carbocycles. The minimum Gasteiger partial charge on any atom is -0.467 e. The van der Waals surface area contributed by atoms with E-state index in [0.29, 0.717) is 12.3 Å². The Hall–Kier alpha value is -3.49. The van der Waals surface area contributed by atoms with Gasteiger partial charge in [0.15, 0.2) is 0 Å². The zero-order valence-corrected chi connectivity index (χ0v) is 17.4. The quantitative estimate of drug-likeness (QED) is 0.446. The largest absolute Gasteiger partial charge is 0.467 e. The van der Waals surface area contributed by atoms with E-state index in [4.69, 9.17) is 9.15 Å². The molecule has 0 unspecified atom stereocenters. The molecular weight excluding hydrogens is 388 g/mol. The molecule has 2 aromatic heterocycles. The van der Waals surface area contributed by atoms with E-state index in [-0.39, 0.29) is 38.7 Å². The Morgan fingerprint density at radius 2 is 2.03 bits per heavy atom. The Bertz CT molecular complexity index is 843. The Labute approximate surface area is 175 Å². The van der Waals surface area contributed by atoms with Crippen molar-refractivity contribution in [1.29, 1.82) is 0 Å². The van der Waals surface area contributed by atoms with Gasteiger partial charge in [0.05, 0.1) is 26.0 Å². The average Bonchev–Trinajstić information content (AvgIpc) is 3.37. The second-order valence-electron chi connectivity index (χ2n) is 6.57. The van der Waals surface area contributed by atoms with Crippen molar-refractivity contribution in [2.75, 3.05) is 26.2 Å². The molecule has 3 amide bonds. The van der Waals surface area contributed by atoms with E-state index >= 15 is 0 Å². The number of aromatic nitrogens is 1. The van der Waals surface area contributed by atoms with Crippen LogP contribution < -0.4 is 5.32 Å². The molecule has 0 radical (unpaired) electrons. The molecule has 0 spiro atoms. The van der Waals surface area contributed by atoms with Crippen molar-refractivity contribution in [1.82, 2.24) is 19.7 Å². The Morgan fingerprint density at radius 1 is 1.23 bits per heavy atom. The zero-order chi connectivity index (χ0) is 21.9. The van der Waals surface area contributed by atoms with Gasteiger partial charge in [-0.05, 0) is 31.2 Å². The Morgan fingerprint density at radius 3 is 2.63 bits per heavy atom. The van der Waals surface area contributed by atoms with Crippen LogP contribution in [0.15, 0.2) is 53.8 Å². The molecule has 0 aliphatic heterocycles. The smallest absolute Gasteiger partial charge is 0.325 e. The number of furan rings is 1. The molecule has 2 heterocycles. The minimum absolute atomic E-state index is 0.152. The van der Waals surface area contributed by atoms with Crippen LogP contribution in [0.5, 0.6) is 0 Å². The van der Waals surface area contributed by atoms with Gasteiger partial charge in [-0.1, -0.05) is 6.08 Å². The van der Waals surface area contributed by atoms with Crippen LogP contribution in [-0.2, 0) is 34.5 Å². The van der Waals surface area contributed by atoms with Gasteiger partial charge in [-0.25, -0.2) is 4.79 Å². The summed E-state index contributed by atoms with van der Waals surface area (Å²) in [5.41, 5.74) is 0.942. The van der Waals surface area contributed by atoms with Crippen molar-refractivity contribution in [3.05, 3.63) is 60.8 Å². The third kappa shape index (κ3) is 6.84. The fourth-order valence-corrected chi connectivity index (χ4v) is 2.79. The number of amides is 3. The molecule has 2 aromatic rings. The van der Waals surface area contributed by atoms with E-state index in [9.17, 15) is 14.4 Å². The summed E-state index contributed by atoms with van der Waals surface area (Å²) < 4.78 is 12.1. The van der Waals surface area contributed by atoms with Crippen molar-refractivity contribution < 1.29 is 23.5 Å². The number of rotatable bonds is 11. The predicted molar refractivity (Wildman–Crippen MR) is 110 cm³/mol. The van der Waals surface area contributed by atoms with Crippen LogP contribution in [0, 0.1) is 0 Å². The van der Waals surface area contributed by atoms with Gasteiger partial charge in [0.2, 0.25) is 5.91 Å². The number of carbonyl (C=O) groups is 3. The summed E-state index contributed by atoms with van der Waals surface area (Å²) in [6.45, 7) is 5.88. The van der Waals surface area contributed by atoms with Crippen LogP contribution in [0.4, 0.5) is 4.79 Å². The summed E-state index contributed by atoms with van der Waals surface area (Å²) in [6.07, 6.45) is 4.97. The third-order valence-electron chi connectivity index (χ3n) is 4.34. The van der Waals surface area contributed by atoms with E-state index in [2.05, 4.69) is 11.9 Å². The van der Waals surface area contributed by atoms with Crippen LogP contribution in [0.3, 0.4) is 0 Å². The maximum Gasteiger partial charge on any atom is 0.325 e. The van der Waals surface area contributed by atoms with Gasteiger partial charge in [0, 0.05) is 25.5 Å². The van der Waals surface area contributed by atoms with E-state index < -0.39 is 12.0 Å². The molecule has 162 valence electrons. The third-order valence-corrected chi connectivity index (χ3v) is 4.34. The maximum absolute atomic E-state index is 13.1. The van der Waals surface area contributed by atoms with Crippen LogP contribution in [0.25, 0.3) is 0 Å². The molecule has 2 rings (SSSR count). The number of urea groups is 1. The van der Waals surface area contributed by atoms with Gasteiger partial charge in [-0.2, -0.15) is 0 Å². The zero-order valence-electron chi connectivity index (χ0n) is 17.4. The lowest BCUT2D eigenvalue weighted by Crippen LogP contribution is -2.47. The number of hydrogen-bond acceptors (Lipinski definition) is 5. The first kappa shape index (κ1) is 22.8. The van der Waals surface area contributed by atoms with Crippen molar-refractivity contribution in [2.24, 2.45) is 7.05 Å². The summed E-state index contributed by atoms with van der Waals surface area (Å²) in [6, 6.07) is 6.83. The highest BCUT2D eigenvalue weighted by Crippen LogP contribution is 2.12. The molecule has 0 aliphatic carbocycles. The van der Waals surface area contributed by atoms with Crippen molar-refractivity contribution >= 4 is 17.9 Å². The maximum atomic E-state index is 13.1. The van der Waals surface area contributed by atoms with Gasteiger partial charge >= 0.3 is 12.0 Å². The summed E-state index contributed by atoms with van der Waals surface area (Å²) in [7, 11) is 1.90. The first-order chi connectivity index (χ1) is 14.4. The number of nitrogens with one attached hydrogen (secondary N) is 1. The second-order valence-corrected chi connectivity index (χ2v) is 6.57. The van der Waals surface area contributed by atoms with Crippen molar-refractivity contribution in [3.63, 3.8) is 0 Å². The Balaban J connectivity index is 2.07. The predicted octanol–water partition coefficient (Wildman–Crippen LogP) is 1.91. The summed E-state index contributed by atoms with van der Waals surface area (Å²) >= 11 is 0. The first-order valence-electron chi connectivity index (χ1n) is 9.64. The number of esters is 1. The number of carbonyl (C=O) groups excluding carboxylic acids is 3. The molecule has 0 atom stereocenters. The molecule has 9 nitrogen and oxygen atoms in total. The Kier molecular flexibility index (Phi) is 8.74. The number of nitrogens with zero attached hydrogens (tertiary/aromatic N) is 3. The number of ether oxygens (including phenoxy) is 1. The lowest BCUT2D eigenvalue weighted by atomic mass is 10.3. The lowest BCUT2D eigenvalue weighted by Gasteiger charge is -2.27. The number of aryl methyl sites for hydroxylation is 1. The van der Waals surface area contributed by atoms with E-state index in [0.717, 1.165) is 5.69 Å². The van der Waals surface area contributed by atoms with Crippen LogP contribution >= 0.6 is 0 Å². The van der Waals surface area contributed by atoms with E-state index in [1.807, 2.05) is 29.9 Å². The van der Waals surface area contributed by atoms with E-state index in [1.165, 1.54) is 11.0 Å². The summed E-state index contributed by atoms with van der Waals surface area (Å²) in [4.78, 5) is 39.9. The highest BCUT2D eigenvalue weighted by molar-refractivity contribution is 5.86. The molecule has 9 heteroatoms. The molecule has 0 saturated heterocycles. The van der Waals surface area contributed by atoms with Crippen LogP contribution in [-0.4, -0.2) is 58.5 Å². The lowest BCUT2D eigenvalue weighted by molar-refractivity contribution is -0.141. The molecular formula is C21H28N4O5. The minimum atomic E-state index is -0.548. The molecule has 0 fully saturated rings. The first-order valence-corrected chi connectivity index (χ1v) is 9.64. The molecule has 1 N–H and O–H groups in total. The van der Waals surface area contributed by atoms with Crippen molar-refractivity contribution in [2.45, 2.75) is 20.0 Å². The second kappa shape index (κ2) is 11.5. The van der Waals surface area contributed by atoms with Gasteiger partial charge < -0.3 is 28.8 Å². The topological polar surface area (TPSA) is 97.0 Å². The van der Waals surface area contributed by atoms with Gasteiger partial charge in [-0.15, -0.1) is 6.58 Å². The fourth-order valence-electron chi connectivity index (χ4n) is 2.79. The molecule has 0 aliphatic rings. The fraction of sp³-hybridized carbons (Fsp3) is 0.381. The van der Waals surface area contributed by atoms with Gasteiger partial charge in [0.25, 0.3) is 0 Å². The average molecular weight is 416 g/mol. The van der Waals surface area contributed by atoms with E-state index in [1.54, 1.807) is 30.2 Å². The SMILES string of the molecule is C=CCN(CC(=O)N(Cc1ccco1)Cc1cccn1C)C(=O)NCC(=O)OCC.